The zero-order chi connectivity index (χ0) is 14.1. The number of rotatable bonds is 3. The van der Waals surface area contributed by atoms with E-state index in [4.69, 9.17) is 10.5 Å². The molecule has 20 heavy (non-hydrogen) atoms. The number of nitrogen functional groups attached to an aromatic ring is 1. The summed E-state index contributed by atoms with van der Waals surface area (Å²) in [6.45, 7) is 4.55. The number of hydrogen-bond acceptors (Lipinski definition) is 4. The first kappa shape index (κ1) is 12.5. The van der Waals surface area contributed by atoms with Crippen molar-refractivity contribution in [2.45, 2.75) is 13.8 Å². The molecule has 0 saturated heterocycles. The van der Waals surface area contributed by atoms with Gasteiger partial charge in [-0.2, -0.15) is 0 Å². The molecule has 0 unspecified atom stereocenters. The van der Waals surface area contributed by atoms with E-state index < -0.39 is 0 Å². The fraction of sp³-hybridized carbons (Fsp3) is 0.200. The molecule has 0 bridgehead atoms. The van der Waals surface area contributed by atoms with E-state index >= 15 is 0 Å². The number of nitrogens with two attached hydrogens (primary N) is 1. The smallest absolute Gasteiger partial charge is 0.182 e. The minimum atomic E-state index is 0.593. The number of fused-ring (bicyclic) bond motifs is 1. The maximum absolute atomic E-state index is 5.98. The van der Waals surface area contributed by atoms with Gasteiger partial charge in [0, 0.05) is 11.8 Å². The molecule has 5 heteroatoms. The summed E-state index contributed by atoms with van der Waals surface area (Å²) in [5, 5.41) is 4.45. The number of pyridine rings is 1. The van der Waals surface area contributed by atoms with Gasteiger partial charge in [-0.15, -0.1) is 5.10 Å². The Morgan fingerprint density at radius 2 is 2.10 bits per heavy atom. The van der Waals surface area contributed by atoms with Gasteiger partial charge in [0.15, 0.2) is 11.5 Å². The molecule has 5 nitrogen and oxygen atoms in total. The second kappa shape index (κ2) is 4.85. The molecule has 2 N–H and O–H groups in total. The minimum absolute atomic E-state index is 0.593. The third-order valence-electron chi connectivity index (χ3n) is 3.06. The predicted octanol–water partition coefficient (Wildman–Crippen LogP) is 2.69. The molecule has 0 aliphatic carbocycles. The van der Waals surface area contributed by atoms with Crippen molar-refractivity contribution in [3.63, 3.8) is 0 Å². The molecule has 3 rings (SSSR count). The van der Waals surface area contributed by atoms with E-state index in [-0.39, 0.29) is 0 Å². The second-order valence-corrected chi connectivity index (χ2v) is 4.63. The highest BCUT2D eigenvalue weighted by Crippen LogP contribution is 2.27. The maximum Gasteiger partial charge on any atom is 0.182 e. The van der Waals surface area contributed by atoms with Crippen LogP contribution in [0, 0.1) is 6.92 Å². The van der Waals surface area contributed by atoms with Crippen LogP contribution in [0.4, 0.5) is 5.69 Å². The summed E-state index contributed by atoms with van der Waals surface area (Å²) < 4.78 is 7.19. The van der Waals surface area contributed by atoms with Crippen molar-refractivity contribution in [1.29, 1.82) is 0 Å². The highest BCUT2D eigenvalue weighted by Gasteiger charge is 2.09. The fourth-order valence-corrected chi connectivity index (χ4v) is 2.08. The van der Waals surface area contributed by atoms with Crippen LogP contribution in [0.15, 0.2) is 36.5 Å². The first-order chi connectivity index (χ1) is 9.67. The van der Waals surface area contributed by atoms with Crippen LogP contribution >= 0.6 is 0 Å². The lowest BCUT2D eigenvalue weighted by Gasteiger charge is -2.07. The molecule has 0 radical (unpaired) electrons. The molecule has 0 spiro atoms. The summed E-state index contributed by atoms with van der Waals surface area (Å²) in [7, 11) is 0. The summed E-state index contributed by atoms with van der Waals surface area (Å²) in [6, 6.07) is 9.60. The quantitative estimate of drug-likeness (QED) is 0.742. The summed E-state index contributed by atoms with van der Waals surface area (Å²) in [4.78, 5) is 4.52. The minimum Gasteiger partial charge on any atom is -0.492 e. The van der Waals surface area contributed by atoms with Gasteiger partial charge in [-0.05, 0) is 49.7 Å². The average Bonchev–Trinajstić information content (AvgIpc) is 2.84. The van der Waals surface area contributed by atoms with Gasteiger partial charge < -0.3 is 10.5 Å². The van der Waals surface area contributed by atoms with E-state index in [2.05, 4.69) is 10.1 Å². The van der Waals surface area contributed by atoms with Crippen molar-refractivity contribution in [3.05, 3.63) is 42.1 Å². The van der Waals surface area contributed by atoms with Crippen molar-refractivity contribution < 1.29 is 4.74 Å². The van der Waals surface area contributed by atoms with Crippen LogP contribution < -0.4 is 10.5 Å². The Bertz CT molecular complexity index is 764. The van der Waals surface area contributed by atoms with Crippen LogP contribution in [0.25, 0.3) is 17.0 Å². The Morgan fingerprint density at radius 3 is 2.85 bits per heavy atom. The van der Waals surface area contributed by atoms with Gasteiger partial charge in [0.05, 0.1) is 12.3 Å². The lowest BCUT2D eigenvalue weighted by Crippen LogP contribution is -1.97. The number of ether oxygens (including phenoxy) is 1. The molecule has 0 fully saturated rings. The SMILES string of the molecule is CCOc1ccc(-c2nc3cc(C)ccn3n2)cc1N. The van der Waals surface area contributed by atoms with E-state index in [9.17, 15) is 0 Å². The molecule has 3 aromatic rings. The average molecular weight is 268 g/mol. The van der Waals surface area contributed by atoms with Crippen molar-refractivity contribution in [2.75, 3.05) is 12.3 Å². The molecular formula is C15H16N4O. The Hall–Kier alpha value is -2.56. The van der Waals surface area contributed by atoms with Gasteiger partial charge in [0.1, 0.15) is 5.75 Å². The van der Waals surface area contributed by atoms with Crippen LogP contribution in [0.3, 0.4) is 0 Å². The summed E-state index contributed by atoms with van der Waals surface area (Å²) >= 11 is 0. The van der Waals surface area contributed by atoms with Gasteiger partial charge in [-0.3, -0.25) is 0 Å². The Kier molecular flexibility index (Phi) is 3.02. The van der Waals surface area contributed by atoms with Crippen molar-refractivity contribution in [2.24, 2.45) is 0 Å². The number of anilines is 1. The molecule has 102 valence electrons. The van der Waals surface area contributed by atoms with Crippen LogP contribution in [0.1, 0.15) is 12.5 Å². The van der Waals surface area contributed by atoms with Crippen LogP contribution in [-0.4, -0.2) is 21.2 Å². The number of aryl methyl sites for hydroxylation is 1. The van der Waals surface area contributed by atoms with Gasteiger partial charge in [-0.25, -0.2) is 9.50 Å². The Morgan fingerprint density at radius 1 is 1.25 bits per heavy atom. The standard InChI is InChI=1S/C15H16N4O/c1-3-20-13-5-4-11(9-12(13)16)15-17-14-8-10(2)6-7-19(14)18-15/h4-9H,3,16H2,1-2H3. The third kappa shape index (κ3) is 2.18. The maximum atomic E-state index is 5.98. The predicted molar refractivity (Wildman–Crippen MR) is 78.7 cm³/mol. The molecule has 0 aliphatic rings. The van der Waals surface area contributed by atoms with Crippen molar-refractivity contribution in [1.82, 2.24) is 14.6 Å². The first-order valence-electron chi connectivity index (χ1n) is 6.53. The zero-order valence-electron chi connectivity index (χ0n) is 11.5. The third-order valence-corrected chi connectivity index (χ3v) is 3.06. The summed E-state index contributed by atoms with van der Waals surface area (Å²) in [5.41, 5.74) is 9.44. The number of benzene rings is 1. The molecule has 0 saturated carbocycles. The van der Waals surface area contributed by atoms with E-state index in [1.165, 1.54) is 0 Å². The van der Waals surface area contributed by atoms with E-state index in [0.29, 0.717) is 23.9 Å². The lowest BCUT2D eigenvalue weighted by atomic mass is 10.2. The van der Waals surface area contributed by atoms with Crippen LogP contribution in [0.5, 0.6) is 5.75 Å². The molecule has 0 amide bonds. The monoisotopic (exact) mass is 268 g/mol. The number of nitrogens with zero attached hydrogens (tertiary/aromatic N) is 3. The highest BCUT2D eigenvalue weighted by atomic mass is 16.5. The van der Waals surface area contributed by atoms with Gasteiger partial charge in [0.2, 0.25) is 0 Å². The molecule has 0 aliphatic heterocycles. The normalized spacial score (nSPS) is 10.9. The summed E-state index contributed by atoms with van der Waals surface area (Å²) in [5.74, 6) is 1.35. The van der Waals surface area contributed by atoms with E-state index in [0.717, 1.165) is 16.8 Å². The van der Waals surface area contributed by atoms with Crippen molar-refractivity contribution in [3.8, 4) is 17.1 Å². The molecule has 0 atom stereocenters. The van der Waals surface area contributed by atoms with Crippen molar-refractivity contribution >= 4 is 11.3 Å². The van der Waals surface area contributed by atoms with Gasteiger partial charge in [0.25, 0.3) is 0 Å². The molecule has 2 aromatic heterocycles. The van der Waals surface area contributed by atoms with Gasteiger partial charge >= 0.3 is 0 Å². The Balaban J connectivity index is 2.04. The van der Waals surface area contributed by atoms with E-state index in [1.54, 1.807) is 4.52 Å². The van der Waals surface area contributed by atoms with Gasteiger partial charge in [-0.1, -0.05) is 0 Å². The Labute approximate surface area is 117 Å². The number of hydrogen-bond donors (Lipinski definition) is 1. The first-order valence-corrected chi connectivity index (χ1v) is 6.53. The van der Waals surface area contributed by atoms with Crippen LogP contribution in [-0.2, 0) is 0 Å². The largest absolute Gasteiger partial charge is 0.492 e. The molecule has 1 aromatic carbocycles. The molecular weight excluding hydrogens is 252 g/mol. The number of aromatic nitrogens is 3. The summed E-state index contributed by atoms with van der Waals surface area (Å²) in [6.07, 6.45) is 1.90. The lowest BCUT2D eigenvalue weighted by molar-refractivity contribution is 0.342. The second-order valence-electron chi connectivity index (χ2n) is 4.63. The topological polar surface area (TPSA) is 65.4 Å². The van der Waals surface area contributed by atoms with Crippen LogP contribution in [0.2, 0.25) is 0 Å². The molecule has 2 heterocycles. The zero-order valence-corrected chi connectivity index (χ0v) is 11.5. The highest BCUT2D eigenvalue weighted by molar-refractivity contribution is 5.67. The fourth-order valence-electron chi connectivity index (χ4n) is 2.08. The van der Waals surface area contributed by atoms with E-state index in [1.807, 2.05) is 50.4 Å².